The Hall–Kier alpha value is -3.25. The molecule has 0 heterocycles. The van der Waals surface area contributed by atoms with Crippen molar-refractivity contribution in [1.82, 2.24) is 0 Å². The maximum atomic E-state index is 12.4. The van der Waals surface area contributed by atoms with Gasteiger partial charge in [0, 0.05) is 0 Å². The van der Waals surface area contributed by atoms with Crippen LogP contribution < -0.4 is 15.2 Å². The van der Waals surface area contributed by atoms with Gasteiger partial charge >= 0.3 is 24.4 Å². The van der Waals surface area contributed by atoms with E-state index in [1.807, 2.05) is 0 Å². The summed E-state index contributed by atoms with van der Waals surface area (Å²) < 4.78 is 35.1. The Labute approximate surface area is 222 Å². The van der Waals surface area contributed by atoms with Gasteiger partial charge in [0.05, 0.1) is 18.3 Å². The van der Waals surface area contributed by atoms with Crippen LogP contribution in [0.1, 0.15) is 54.0 Å². The Kier molecular flexibility index (Phi) is 15.0. The lowest BCUT2D eigenvalue weighted by atomic mass is 10.1. The molecule has 0 saturated heterocycles. The molecule has 37 heavy (non-hydrogen) atoms. The zero-order valence-corrected chi connectivity index (χ0v) is 22.8. The number of rotatable bonds is 11. The number of hydrogen-bond acceptors (Lipinski definition) is 12. The molecular weight excluding hydrogens is 514 g/mol. The van der Waals surface area contributed by atoms with Crippen LogP contribution in [-0.2, 0) is 34.9 Å². The zero-order chi connectivity index (χ0) is 27.4. The van der Waals surface area contributed by atoms with E-state index >= 15 is 0 Å². The summed E-state index contributed by atoms with van der Waals surface area (Å²) in [5.74, 6) is -0.976. The molecule has 0 radical (unpaired) electrons. The van der Waals surface area contributed by atoms with Gasteiger partial charge < -0.3 is 38.9 Å². The largest absolute Gasteiger partial charge is 0.514 e. The van der Waals surface area contributed by atoms with Gasteiger partial charge in [-0.1, -0.05) is 6.07 Å². The summed E-state index contributed by atoms with van der Waals surface area (Å²) in [6.07, 6.45) is -4.87. The first-order valence-electron chi connectivity index (χ1n) is 11.5. The first kappa shape index (κ1) is 33.8. The number of esters is 1. The quantitative estimate of drug-likeness (QED) is 0.237. The van der Waals surface area contributed by atoms with Crippen LogP contribution >= 0.6 is 12.4 Å². The maximum Gasteiger partial charge on any atom is 0.514 e. The Bertz CT molecular complexity index is 905. The van der Waals surface area contributed by atoms with E-state index in [9.17, 15) is 19.2 Å². The minimum Gasteiger partial charge on any atom is -0.458 e. The van der Waals surface area contributed by atoms with Crippen molar-refractivity contribution in [2.75, 3.05) is 6.61 Å². The number of carbonyl (C=O) groups is 4. The molecule has 13 heteroatoms. The first-order chi connectivity index (χ1) is 16.8. The van der Waals surface area contributed by atoms with Crippen molar-refractivity contribution >= 4 is 36.8 Å². The van der Waals surface area contributed by atoms with Crippen LogP contribution in [-0.4, -0.2) is 61.5 Å². The van der Waals surface area contributed by atoms with E-state index < -0.39 is 48.8 Å². The third-order valence-electron chi connectivity index (χ3n) is 3.90. The molecule has 0 aliphatic carbocycles. The molecule has 0 aliphatic rings. The average Bonchev–Trinajstić information content (AvgIpc) is 2.72. The molecule has 0 fully saturated rings. The second-order valence-electron chi connectivity index (χ2n) is 8.60. The van der Waals surface area contributed by atoms with Crippen LogP contribution in [0.15, 0.2) is 18.2 Å². The van der Waals surface area contributed by atoms with Crippen LogP contribution in [0, 0.1) is 0 Å². The van der Waals surface area contributed by atoms with E-state index in [0.29, 0.717) is 5.56 Å². The normalized spacial score (nSPS) is 12.2. The van der Waals surface area contributed by atoms with E-state index in [1.54, 1.807) is 41.5 Å². The lowest BCUT2D eigenvalue weighted by molar-refractivity contribution is -0.152. The van der Waals surface area contributed by atoms with E-state index in [1.165, 1.54) is 25.1 Å². The van der Waals surface area contributed by atoms with Crippen molar-refractivity contribution in [3.63, 3.8) is 0 Å². The molecule has 0 unspecified atom stereocenters. The zero-order valence-electron chi connectivity index (χ0n) is 22.0. The summed E-state index contributed by atoms with van der Waals surface area (Å²) in [6.45, 7) is 11.2. The number of nitrogens with two attached hydrogens (primary N) is 1. The molecule has 2 atom stereocenters. The third-order valence-corrected chi connectivity index (χ3v) is 3.90. The highest BCUT2D eigenvalue weighted by Crippen LogP contribution is 2.30. The summed E-state index contributed by atoms with van der Waals surface area (Å²) in [6, 6.07) is 3.17. The van der Waals surface area contributed by atoms with Gasteiger partial charge in [-0.2, -0.15) is 0 Å². The molecule has 0 spiro atoms. The predicted molar refractivity (Wildman–Crippen MR) is 133 cm³/mol. The molecule has 2 N–H and O–H groups in total. The fourth-order valence-corrected chi connectivity index (χ4v) is 2.52. The van der Waals surface area contributed by atoms with Crippen molar-refractivity contribution in [2.45, 2.75) is 85.3 Å². The number of carbonyl (C=O) groups excluding carboxylic acids is 4. The topological polar surface area (TPSA) is 159 Å². The van der Waals surface area contributed by atoms with Crippen molar-refractivity contribution in [2.24, 2.45) is 5.73 Å². The Balaban J connectivity index is 0.0000130. The standard InChI is InChI=1S/C24H35NO11.ClH/c1-13(2)31-22(27)30-12-16(7)34-21(26)18(25)10-17-8-9-19(35-23(28)32-14(3)4)20(11-17)36-24(29)33-15(5)6;/h8-9,11,13-16,18H,10,12,25H2,1-7H3;1H/t16-,18+;/m1./s1. The monoisotopic (exact) mass is 549 g/mol. The molecule has 0 aliphatic heterocycles. The summed E-state index contributed by atoms with van der Waals surface area (Å²) in [7, 11) is 0. The number of halogens is 1. The van der Waals surface area contributed by atoms with Gasteiger partial charge in [0.25, 0.3) is 0 Å². The molecule has 1 aromatic carbocycles. The fourth-order valence-electron chi connectivity index (χ4n) is 2.52. The van der Waals surface area contributed by atoms with Gasteiger partial charge in [-0.05, 0) is 72.6 Å². The summed E-state index contributed by atoms with van der Waals surface area (Å²) >= 11 is 0. The van der Waals surface area contributed by atoms with Crippen LogP contribution in [0.3, 0.4) is 0 Å². The molecule has 0 amide bonds. The number of hydrogen-bond donors (Lipinski definition) is 1. The van der Waals surface area contributed by atoms with Gasteiger partial charge in [0.15, 0.2) is 11.5 Å². The molecule has 1 aromatic rings. The summed E-state index contributed by atoms with van der Waals surface area (Å²) in [5.41, 5.74) is 6.44. The van der Waals surface area contributed by atoms with Crippen molar-refractivity contribution in [3.05, 3.63) is 23.8 Å². The lowest BCUT2D eigenvalue weighted by Gasteiger charge is -2.18. The number of benzene rings is 1. The highest BCUT2D eigenvalue weighted by Gasteiger charge is 2.22. The smallest absolute Gasteiger partial charge is 0.458 e. The molecule has 0 bridgehead atoms. The van der Waals surface area contributed by atoms with Crippen molar-refractivity contribution in [3.8, 4) is 11.5 Å². The van der Waals surface area contributed by atoms with Gasteiger partial charge in [0.2, 0.25) is 0 Å². The molecular formula is C24H36ClNO11. The van der Waals surface area contributed by atoms with Crippen LogP contribution in [0.2, 0.25) is 0 Å². The van der Waals surface area contributed by atoms with Gasteiger partial charge in [-0.3, -0.25) is 4.79 Å². The fraction of sp³-hybridized carbons (Fsp3) is 0.583. The minimum atomic E-state index is -1.09. The van der Waals surface area contributed by atoms with E-state index in [2.05, 4.69) is 0 Å². The highest BCUT2D eigenvalue weighted by atomic mass is 35.5. The SMILES string of the molecule is CC(C)OC(=O)OC[C@@H](C)OC(=O)[C@@H](N)Cc1ccc(OC(=O)OC(C)C)c(OC(=O)OC(C)C)c1.Cl. The highest BCUT2D eigenvalue weighted by molar-refractivity contribution is 5.85. The van der Waals surface area contributed by atoms with E-state index in [0.717, 1.165) is 0 Å². The molecule has 0 aromatic heterocycles. The van der Waals surface area contributed by atoms with Crippen LogP contribution in [0.5, 0.6) is 11.5 Å². The number of ether oxygens (including phenoxy) is 7. The summed E-state index contributed by atoms with van der Waals surface area (Å²) in [5, 5.41) is 0. The second kappa shape index (κ2) is 16.5. The predicted octanol–water partition coefficient (Wildman–Crippen LogP) is 4.32. The summed E-state index contributed by atoms with van der Waals surface area (Å²) in [4.78, 5) is 47.7. The van der Waals surface area contributed by atoms with Gasteiger partial charge in [0.1, 0.15) is 18.8 Å². The third kappa shape index (κ3) is 14.2. The lowest BCUT2D eigenvalue weighted by Crippen LogP contribution is -2.37. The first-order valence-corrected chi connectivity index (χ1v) is 11.5. The van der Waals surface area contributed by atoms with Gasteiger partial charge in [-0.15, -0.1) is 12.4 Å². The van der Waals surface area contributed by atoms with Crippen molar-refractivity contribution in [1.29, 1.82) is 0 Å². The minimum absolute atomic E-state index is 0. The molecule has 210 valence electrons. The maximum absolute atomic E-state index is 12.4. The van der Waals surface area contributed by atoms with Crippen molar-refractivity contribution < 1.29 is 52.3 Å². The molecule has 1 rings (SSSR count). The molecule has 12 nitrogen and oxygen atoms in total. The Morgan fingerprint density at radius 2 is 1.22 bits per heavy atom. The van der Waals surface area contributed by atoms with E-state index in [4.69, 9.17) is 38.9 Å². The van der Waals surface area contributed by atoms with Gasteiger partial charge in [-0.25, -0.2) is 14.4 Å². The Morgan fingerprint density at radius 3 is 1.73 bits per heavy atom. The Morgan fingerprint density at radius 1 is 0.730 bits per heavy atom. The molecule has 0 saturated carbocycles. The second-order valence-corrected chi connectivity index (χ2v) is 8.60. The average molecular weight is 550 g/mol. The van der Waals surface area contributed by atoms with Crippen LogP contribution in [0.4, 0.5) is 14.4 Å². The van der Waals surface area contributed by atoms with Crippen LogP contribution in [0.25, 0.3) is 0 Å². The van der Waals surface area contributed by atoms with E-state index in [-0.39, 0.29) is 43.0 Å².